The maximum absolute atomic E-state index is 14.4. The number of halogens is 1. The number of carboxylic acid groups (broad SMARTS) is 1. The van der Waals surface area contributed by atoms with Crippen LogP contribution in [0.1, 0.15) is 51.0 Å². The minimum atomic E-state index is -0.874. The molecule has 3 N–H and O–H groups in total. The summed E-state index contributed by atoms with van der Waals surface area (Å²) in [6.07, 6.45) is 2.38. The number of urea groups is 1. The number of benzene rings is 2. The minimum Gasteiger partial charge on any atom is -0.497 e. The molecule has 1 aliphatic rings. The predicted octanol–water partition coefficient (Wildman–Crippen LogP) is 5.45. The summed E-state index contributed by atoms with van der Waals surface area (Å²) in [4.78, 5) is 26.5. The molecule has 1 saturated heterocycles. The highest BCUT2D eigenvalue weighted by atomic mass is 19.1. The molecule has 35 heavy (non-hydrogen) atoms. The molecule has 2 aromatic rings. The van der Waals surface area contributed by atoms with E-state index in [4.69, 9.17) is 9.47 Å². The van der Waals surface area contributed by atoms with Gasteiger partial charge in [-0.25, -0.2) is 9.18 Å². The number of nitrogens with one attached hydrogen (secondary N) is 2. The van der Waals surface area contributed by atoms with Crippen molar-refractivity contribution in [3.05, 3.63) is 47.8 Å². The zero-order chi connectivity index (χ0) is 25.4. The van der Waals surface area contributed by atoms with Crippen LogP contribution in [0.5, 0.6) is 5.75 Å². The lowest BCUT2D eigenvalue weighted by Gasteiger charge is -2.36. The first-order valence-electron chi connectivity index (χ1n) is 12.0. The molecule has 8 nitrogen and oxygen atoms in total. The van der Waals surface area contributed by atoms with Crippen molar-refractivity contribution in [1.82, 2.24) is 0 Å². The van der Waals surface area contributed by atoms with E-state index in [2.05, 4.69) is 22.5 Å². The van der Waals surface area contributed by atoms with Crippen LogP contribution in [-0.4, -0.2) is 50.0 Å². The fourth-order valence-electron chi connectivity index (χ4n) is 4.49. The highest BCUT2D eigenvalue weighted by molar-refractivity contribution is 6.02. The third kappa shape index (κ3) is 6.85. The van der Waals surface area contributed by atoms with Crippen LogP contribution in [0.15, 0.2) is 36.4 Å². The number of anilines is 3. The molecule has 0 radical (unpaired) electrons. The number of ether oxygens (including phenoxy) is 2. The van der Waals surface area contributed by atoms with E-state index in [0.717, 1.165) is 30.6 Å². The zero-order valence-corrected chi connectivity index (χ0v) is 20.5. The number of rotatable bonds is 10. The van der Waals surface area contributed by atoms with E-state index in [1.54, 1.807) is 6.07 Å². The average molecular weight is 488 g/mol. The minimum absolute atomic E-state index is 0.00397. The molecule has 0 aliphatic carbocycles. The fraction of sp³-hybridized carbons (Fsp3) is 0.462. The number of carbonyl (C=O) groups excluding carboxylic acids is 1. The van der Waals surface area contributed by atoms with E-state index in [1.165, 1.54) is 19.2 Å². The molecule has 1 fully saturated rings. The average Bonchev–Trinajstić information content (AvgIpc) is 2.85. The number of carbonyl (C=O) groups is 2. The van der Waals surface area contributed by atoms with Gasteiger partial charge in [-0.1, -0.05) is 13.0 Å². The van der Waals surface area contributed by atoms with Crippen molar-refractivity contribution in [2.45, 2.75) is 51.5 Å². The highest BCUT2D eigenvalue weighted by Crippen LogP contribution is 2.35. The Hall–Kier alpha value is -3.33. The van der Waals surface area contributed by atoms with Gasteiger partial charge in [-0.15, -0.1) is 0 Å². The summed E-state index contributed by atoms with van der Waals surface area (Å²) in [7, 11) is 1.44. The van der Waals surface area contributed by atoms with Crippen molar-refractivity contribution in [2.24, 2.45) is 0 Å². The van der Waals surface area contributed by atoms with E-state index in [1.807, 2.05) is 25.1 Å². The van der Waals surface area contributed by atoms with Gasteiger partial charge in [0.25, 0.3) is 0 Å². The summed E-state index contributed by atoms with van der Waals surface area (Å²) in [6, 6.07) is 9.55. The lowest BCUT2D eigenvalue weighted by atomic mass is 9.92. The van der Waals surface area contributed by atoms with Gasteiger partial charge in [0.05, 0.1) is 30.6 Å². The van der Waals surface area contributed by atoms with Crippen molar-refractivity contribution in [3.63, 3.8) is 0 Å². The highest BCUT2D eigenvalue weighted by Gasteiger charge is 2.24. The Morgan fingerprint density at radius 1 is 1.14 bits per heavy atom. The summed E-state index contributed by atoms with van der Waals surface area (Å²) < 4.78 is 24.9. The van der Waals surface area contributed by atoms with Crippen molar-refractivity contribution < 1.29 is 28.6 Å². The molecule has 9 heteroatoms. The van der Waals surface area contributed by atoms with Crippen LogP contribution in [0.25, 0.3) is 0 Å². The van der Waals surface area contributed by atoms with Gasteiger partial charge < -0.3 is 30.1 Å². The predicted molar refractivity (Wildman–Crippen MR) is 134 cm³/mol. The van der Waals surface area contributed by atoms with Gasteiger partial charge in [0.1, 0.15) is 11.6 Å². The van der Waals surface area contributed by atoms with Crippen LogP contribution in [0.3, 0.4) is 0 Å². The zero-order valence-electron chi connectivity index (χ0n) is 20.5. The Morgan fingerprint density at radius 3 is 2.46 bits per heavy atom. The third-order valence-corrected chi connectivity index (χ3v) is 6.36. The third-order valence-electron chi connectivity index (χ3n) is 6.36. The molecule has 0 aromatic heterocycles. The SMILES string of the molecule is CC[C@@H](CC(=O)O)c1ccc(N(CC)C2CCOCC2)c(NC(=O)Nc2ccc(OC)cc2F)c1. The van der Waals surface area contributed by atoms with E-state index in [-0.39, 0.29) is 24.1 Å². The molecule has 0 saturated carbocycles. The Kier molecular flexibility index (Phi) is 9.31. The number of nitrogens with zero attached hydrogens (tertiary/aromatic N) is 1. The summed E-state index contributed by atoms with van der Waals surface area (Å²) in [5, 5.41) is 14.8. The molecule has 0 spiro atoms. The standard InChI is InChI=1S/C26H34FN3O5/c1-4-17(15-25(31)32)18-6-9-24(30(5-2)19-10-12-35-13-11-19)23(14-18)29-26(33)28-22-8-7-20(34-3)16-21(22)27/h6-9,14,16-17,19H,4-5,10-13,15H2,1-3H3,(H,31,32)(H2,28,29,33)/t17-/m0/s1. The van der Waals surface area contributed by atoms with Crippen molar-refractivity contribution in [2.75, 3.05) is 42.4 Å². The molecule has 2 amide bonds. The summed E-state index contributed by atoms with van der Waals surface area (Å²) in [5.41, 5.74) is 2.23. The Balaban J connectivity index is 1.92. The Labute approximate surface area is 205 Å². The van der Waals surface area contributed by atoms with Gasteiger partial charge in [-0.05, 0) is 61.9 Å². The smallest absolute Gasteiger partial charge is 0.323 e. The first-order chi connectivity index (χ1) is 16.9. The quantitative estimate of drug-likeness (QED) is 0.412. The lowest BCUT2D eigenvalue weighted by molar-refractivity contribution is -0.137. The molecule has 3 rings (SSSR count). The maximum atomic E-state index is 14.4. The molecule has 1 heterocycles. The van der Waals surface area contributed by atoms with Gasteiger partial charge in [0.15, 0.2) is 0 Å². The second kappa shape index (κ2) is 12.4. The van der Waals surface area contributed by atoms with E-state index in [9.17, 15) is 19.1 Å². The molecule has 1 atom stereocenters. The first-order valence-corrected chi connectivity index (χ1v) is 12.0. The van der Waals surface area contributed by atoms with Crippen LogP contribution in [-0.2, 0) is 9.53 Å². The summed E-state index contributed by atoms with van der Waals surface area (Å²) >= 11 is 0. The van der Waals surface area contributed by atoms with E-state index in [0.29, 0.717) is 31.1 Å². The Morgan fingerprint density at radius 2 is 1.86 bits per heavy atom. The van der Waals surface area contributed by atoms with Crippen LogP contribution < -0.4 is 20.3 Å². The van der Waals surface area contributed by atoms with E-state index < -0.39 is 17.8 Å². The van der Waals surface area contributed by atoms with Gasteiger partial charge in [-0.3, -0.25) is 4.79 Å². The van der Waals surface area contributed by atoms with Gasteiger partial charge in [0.2, 0.25) is 0 Å². The molecule has 0 unspecified atom stereocenters. The first kappa shape index (κ1) is 26.3. The second-order valence-corrected chi connectivity index (χ2v) is 8.53. The van der Waals surface area contributed by atoms with Gasteiger partial charge in [0, 0.05) is 31.9 Å². The topological polar surface area (TPSA) is 100 Å². The molecule has 1 aliphatic heterocycles. The number of methoxy groups -OCH3 is 1. The number of carboxylic acids is 1. The van der Waals surface area contributed by atoms with Crippen molar-refractivity contribution in [1.29, 1.82) is 0 Å². The van der Waals surface area contributed by atoms with Crippen molar-refractivity contribution in [3.8, 4) is 5.75 Å². The summed E-state index contributed by atoms with van der Waals surface area (Å²) in [5.74, 6) is -1.33. The number of hydrogen-bond donors (Lipinski definition) is 3. The number of hydrogen-bond acceptors (Lipinski definition) is 5. The summed E-state index contributed by atoms with van der Waals surface area (Å²) in [6.45, 7) is 6.07. The lowest BCUT2D eigenvalue weighted by Crippen LogP contribution is -2.40. The van der Waals surface area contributed by atoms with Crippen LogP contribution in [0.4, 0.5) is 26.2 Å². The van der Waals surface area contributed by atoms with Crippen molar-refractivity contribution >= 4 is 29.1 Å². The number of aliphatic carboxylic acids is 1. The van der Waals surface area contributed by atoms with E-state index >= 15 is 0 Å². The largest absolute Gasteiger partial charge is 0.497 e. The monoisotopic (exact) mass is 487 g/mol. The van der Waals surface area contributed by atoms with Crippen LogP contribution in [0, 0.1) is 5.82 Å². The maximum Gasteiger partial charge on any atom is 0.323 e. The second-order valence-electron chi connectivity index (χ2n) is 8.53. The molecule has 0 bridgehead atoms. The molecule has 190 valence electrons. The normalized spacial score (nSPS) is 14.7. The fourth-order valence-corrected chi connectivity index (χ4v) is 4.49. The van der Waals surface area contributed by atoms with Gasteiger partial charge in [-0.2, -0.15) is 0 Å². The van der Waals surface area contributed by atoms with Crippen LogP contribution in [0.2, 0.25) is 0 Å². The number of amides is 2. The molecule has 2 aromatic carbocycles. The molecular weight excluding hydrogens is 453 g/mol. The molecular formula is C26H34FN3O5. The Bertz CT molecular complexity index is 1030. The van der Waals surface area contributed by atoms with Crippen LogP contribution >= 0.6 is 0 Å². The van der Waals surface area contributed by atoms with Gasteiger partial charge >= 0.3 is 12.0 Å².